The van der Waals surface area contributed by atoms with E-state index in [0.717, 1.165) is 23.5 Å². The van der Waals surface area contributed by atoms with Gasteiger partial charge >= 0.3 is 0 Å². The first kappa shape index (κ1) is 21.7. The number of rotatable bonds is 8. The lowest BCUT2D eigenvalue weighted by atomic mass is 9.96. The van der Waals surface area contributed by atoms with Crippen molar-refractivity contribution in [2.75, 3.05) is 6.54 Å². The number of hydrogen-bond acceptors (Lipinski definition) is 3. The number of benzene rings is 1. The lowest BCUT2D eigenvalue weighted by Crippen LogP contribution is -2.35. The summed E-state index contributed by atoms with van der Waals surface area (Å²) in [6.07, 6.45) is 1.01. The quantitative estimate of drug-likeness (QED) is 0.687. The molecule has 1 aromatic heterocycles. The number of carbonyl (C=O) groups excluding carboxylic acids is 2. The Kier molecular flexibility index (Phi) is 7.38. The molecule has 0 bridgehead atoms. The molecule has 0 aliphatic rings. The van der Waals surface area contributed by atoms with Gasteiger partial charge in [-0.3, -0.25) is 14.3 Å². The van der Waals surface area contributed by atoms with E-state index in [9.17, 15) is 9.59 Å². The summed E-state index contributed by atoms with van der Waals surface area (Å²) in [5, 5.41) is 10.5. The Morgan fingerprint density at radius 3 is 2.39 bits per heavy atom. The Labute approximate surface area is 167 Å². The number of nitrogens with zero attached hydrogens (tertiary/aromatic N) is 2. The largest absolute Gasteiger partial charge is 0.356 e. The van der Waals surface area contributed by atoms with Gasteiger partial charge in [-0.05, 0) is 25.8 Å². The number of carbonyl (C=O) groups is 2. The van der Waals surface area contributed by atoms with Crippen LogP contribution in [0, 0.1) is 19.3 Å². The average Bonchev–Trinajstić information content (AvgIpc) is 2.90. The van der Waals surface area contributed by atoms with E-state index < -0.39 is 5.41 Å². The SMILES string of the molecule is Cc1nn(Cc2ccccc2)c(C)c1CNC(=O)CCCNC(=O)C(C)(C)C. The van der Waals surface area contributed by atoms with Crippen LogP contribution < -0.4 is 10.6 Å². The molecule has 0 unspecified atom stereocenters. The minimum Gasteiger partial charge on any atom is -0.356 e. The molecule has 2 rings (SSSR count). The van der Waals surface area contributed by atoms with Crippen molar-refractivity contribution in [3.63, 3.8) is 0 Å². The fourth-order valence-corrected chi connectivity index (χ4v) is 2.89. The Bertz CT molecular complexity index is 804. The Morgan fingerprint density at radius 2 is 1.75 bits per heavy atom. The van der Waals surface area contributed by atoms with Crippen LogP contribution in [0.3, 0.4) is 0 Å². The Hall–Kier alpha value is -2.63. The number of aromatic nitrogens is 2. The molecule has 1 heterocycles. The van der Waals surface area contributed by atoms with Crippen molar-refractivity contribution in [2.45, 2.75) is 60.5 Å². The molecule has 2 N–H and O–H groups in total. The van der Waals surface area contributed by atoms with Crippen molar-refractivity contribution in [1.29, 1.82) is 0 Å². The zero-order valence-electron chi connectivity index (χ0n) is 17.6. The molecule has 152 valence electrons. The zero-order chi connectivity index (χ0) is 20.7. The minimum absolute atomic E-state index is 0.00462. The van der Waals surface area contributed by atoms with Crippen molar-refractivity contribution < 1.29 is 9.59 Å². The van der Waals surface area contributed by atoms with E-state index in [1.54, 1.807) is 0 Å². The highest BCUT2D eigenvalue weighted by Crippen LogP contribution is 2.15. The summed E-state index contributed by atoms with van der Waals surface area (Å²) in [6.45, 7) is 11.3. The summed E-state index contributed by atoms with van der Waals surface area (Å²) in [5.74, 6) is -0.00963. The second kappa shape index (κ2) is 9.53. The minimum atomic E-state index is -0.406. The maximum Gasteiger partial charge on any atom is 0.225 e. The van der Waals surface area contributed by atoms with Gasteiger partial charge < -0.3 is 10.6 Å². The number of amides is 2. The highest BCUT2D eigenvalue weighted by molar-refractivity contribution is 5.81. The summed E-state index contributed by atoms with van der Waals surface area (Å²) >= 11 is 0. The van der Waals surface area contributed by atoms with Gasteiger partial charge in [0.05, 0.1) is 12.2 Å². The van der Waals surface area contributed by atoms with Gasteiger partial charge in [-0.15, -0.1) is 0 Å². The summed E-state index contributed by atoms with van der Waals surface area (Å²) < 4.78 is 1.98. The number of nitrogens with one attached hydrogen (secondary N) is 2. The van der Waals surface area contributed by atoms with Crippen molar-refractivity contribution in [3.05, 3.63) is 52.8 Å². The molecule has 28 heavy (non-hydrogen) atoms. The third-order valence-electron chi connectivity index (χ3n) is 4.72. The maximum atomic E-state index is 12.1. The van der Waals surface area contributed by atoms with E-state index in [4.69, 9.17) is 0 Å². The molecule has 0 aliphatic carbocycles. The van der Waals surface area contributed by atoms with Gasteiger partial charge in [-0.2, -0.15) is 5.10 Å². The first-order valence-corrected chi connectivity index (χ1v) is 9.80. The molecule has 1 aromatic carbocycles. The maximum absolute atomic E-state index is 12.1. The van der Waals surface area contributed by atoms with Gasteiger partial charge in [-0.25, -0.2) is 0 Å². The van der Waals surface area contributed by atoms with E-state index in [1.165, 1.54) is 5.56 Å². The highest BCUT2D eigenvalue weighted by atomic mass is 16.2. The van der Waals surface area contributed by atoms with Gasteiger partial charge in [0.15, 0.2) is 0 Å². The highest BCUT2D eigenvalue weighted by Gasteiger charge is 2.20. The van der Waals surface area contributed by atoms with E-state index in [2.05, 4.69) is 27.9 Å². The molecule has 2 aromatic rings. The predicted octanol–water partition coefficient (Wildman–Crippen LogP) is 3.11. The van der Waals surface area contributed by atoms with E-state index >= 15 is 0 Å². The third-order valence-corrected chi connectivity index (χ3v) is 4.72. The summed E-state index contributed by atoms with van der Waals surface area (Å²) in [5.41, 5.74) is 3.86. The van der Waals surface area contributed by atoms with Crippen LogP contribution >= 0.6 is 0 Å². The lowest BCUT2D eigenvalue weighted by molar-refractivity contribution is -0.128. The zero-order valence-corrected chi connectivity index (χ0v) is 17.6. The van der Waals surface area contributed by atoms with Crippen molar-refractivity contribution in [3.8, 4) is 0 Å². The number of hydrogen-bond donors (Lipinski definition) is 2. The molecule has 0 saturated carbocycles. The van der Waals surface area contributed by atoms with Crippen molar-refractivity contribution in [2.24, 2.45) is 5.41 Å². The molecule has 0 atom stereocenters. The lowest BCUT2D eigenvalue weighted by Gasteiger charge is -2.17. The normalized spacial score (nSPS) is 11.3. The Morgan fingerprint density at radius 1 is 1.07 bits per heavy atom. The smallest absolute Gasteiger partial charge is 0.225 e. The van der Waals surface area contributed by atoms with Crippen LogP contribution in [-0.4, -0.2) is 28.1 Å². The first-order valence-electron chi connectivity index (χ1n) is 9.80. The van der Waals surface area contributed by atoms with Crippen LogP contribution in [0.2, 0.25) is 0 Å². The van der Waals surface area contributed by atoms with Gasteiger partial charge in [0.1, 0.15) is 0 Å². The molecular formula is C22H32N4O2. The molecule has 0 spiro atoms. The monoisotopic (exact) mass is 384 g/mol. The standard InChI is InChI=1S/C22H32N4O2/c1-16-19(17(2)26(25-16)15-18-10-7-6-8-11-18)14-24-20(27)12-9-13-23-21(28)22(3,4)5/h6-8,10-11H,9,12-15H2,1-5H3,(H,23,28)(H,24,27). The van der Waals surface area contributed by atoms with E-state index in [-0.39, 0.29) is 11.8 Å². The van der Waals surface area contributed by atoms with Crippen LogP contribution in [0.5, 0.6) is 0 Å². The van der Waals surface area contributed by atoms with Crippen LogP contribution in [0.1, 0.15) is 56.1 Å². The van der Waals surface area contributed by atoms with Crippen LogP contribution in [0.15, 0.2) is 30.3 Å². The molecule has 2 amide bonds. The fraction of sp³-hybridized carbons (Fsp3) is 0.500. The predicted molar refractivity (Wildman–Crippen MR) is 111 cm³/mol. The van der Waals surface area contributed by atoms with Gasteiger partial charge in [0, 0.05) is 36.2 Å². The summed E-state index contributed by atoms with van der Waals surface area (Å²) in [7, 11) is 0. The molecule has 0 fully saturated rings. The van der Waals surface area contributed by atoms with Crippen molar-refractivity contribution in [1.82, 2.24) is 20.4 Å². The average molecular weight is 385 g/mol. The summed E-state index contributed by atoms with van der Waals surface area (Å²) in [4.78, 5) is 23.9. The molecule has 0 saturated heterocycles. The Balaban J connectivity index is 1.81. The van der Waals surface area contributed by atoms with E-state index in [1.807, 2.05) is 57.5 Å². The first-order chi connectivity index (χ1) is 13.2. The topological polar surface area (TPSA) is 76.0 Å². The van der Waals surface area contributed by atoms with E-state index in [0.29, 0.717) is 25.9 Å². The van der Waals surface area contributed by atoms with Crippen LogP contribution in [0.4, 0.5) is 0 Å². The number of aryl methyl sites for hydroxylation is 1. The summed E-state index contributed by atoms with van der Waals surface area (Å²) in [6, 6.07) is 10.2. The van der Waals surface area contributed by atoms with Gasteiger partial charge in [-0.1, -0.05) is 51.1 Å². The second-order valence-corrected chi connectivity index (χ2v) is 8.18. The third kappa shape index (κ3) is 6.22. The molecule has 0 aliphatic heterocycles. The van der Waals surface area contributed by atoms with Gasteiger partial charge in [0.25, 0.3) is 0 Å². The molecule has 0 radical (unpaired) electrons. The van der Waals surface area contributed by atoms with Crippen LogP contribution in [-0.2, 0) is 22.7 Å². The van der Waals surface area contributed by atoms with Crippen molar-refractivity contribution >= 4 is 11.8 Å². The fourth-order valence-electron chi connectivity index (χ4n) is 2.89. The second-order valence-electron chi connectivity index (χ2n) is 8.18. The molecule has 6 heteroatoms. The van der Waals surface area contributed by atoms with Crippen LogP contribution in [0.25, 0.3) is 0 Å². The van der Waals surface area contributed by atoms with Gasteiger partial charge in [0.2, 0.25) is 11.8 Å². The molecular weight excluding hydrogens is 352 g/mol. The molecule has 6 nitrogen and oxygen atoms in total.